The Labute approximate surface area is 204 Å². The SMILES string of the molecule is Clc1ccc(C(c2ccccc2)N2CC[N+](CCOc3ccccc3)(c3nnn[nH]3)CC2)cc1. The van der Waals surface area contributed by atoms with Crippen LogP contribution < -0.4 is 9.22 Å². The highest BCUT2D eigenvalue weighted by Gasteiger charge is 2.40. The topological polar surface area (TPSA) is 66.9 Å². The van der Waals surface area contributed by atoms with Crippen LogP contribution in [0.3, 0.4) is 0 Å². The number of aromatic amines is 1. The van der Waals surface area contributed by atoms with Crippen LogP contribution in [0, 0.1) is 0 Å². The molecule has 4 aromatic rings. The number of nitrogens with zero attached hydrogens (tertiary/aromatic N) is 5. The molecule has 1 fully saturated rings. The van der Waals surface area contributed by atoms with E-state index >= 15 is 0 Å². The fourth-order valence-corrected chi connectivity index (χ4v) is 4.89. The number of quaternary nitrogens is 1. The maximum Gasteiger partial charge on any atom is 0.345 e. The van der Waals surface area contributed by atoms with E-state index in [0.717, 1.165) is 49.4 Å². The number of hydrogen-bond donors (Lipinski definition) is 1. The summed E-state index contributed by atoms with van der Waals surface area (Å²) in [7, 11) is 0. The maximum atomic E-state index is 6.19. The van der Waals surface area contributed by atoms with Crippen molar-refractivity contribution in [3.63, 3.8) is 0 Å². The van der Waals surface area contributed by atoms with E-state index in [9.17, 15) is 0 Å². The Morgan fingerprint density at radius 2 is 1.53 bits per heavy atom. The predicted molar refractivity (Wildman–Crippen MR) is 134 cm³/mol. The van der Waals surface area contributed by atoms with E-state index < -0.39 is 0 Å². The Kier molecular flexibility index (Phi) is 6.85. The molecule has 0 amide bonds. The van der Waals surface area contributed by atoms with Crippen LogP contribution in [0.1, 0.15) is 17.2 Å². The second kappa shape index (κ2) is 10.3. The van der Waals surface area contributed by atoms with E-state index in [2.05, 4.69) is 68.0 Å². The number of piperazine rings is 1. The number of H-pyrrole nitrogens is 1. The zero-order chi connectivity index (χ0) is 23.2. The Bertz CT molecular complexity index is 1150. The van der Waals surface area contributed by atoms with Gasteiger partial charge in [0.2, 0.25) is 0 Å². The third-order valence-electron chi connectivity index (χ3n) is 6.61. The third kappa shape index (κ3) is 4.97. The van der Waals surface area contributed by atoms with E-state index in [1.165, 1.54) is 11.1 Å². The summed E-state index contributed by atoms with van der Waals surface area (Å²) in [6, 6.07) is 28.9. The molecule has 0 aliphatic carbocycles. The summed E-state index contributed by atoms with van der Waals surface area (Å²) in [4.78, 5) is 2.54. The van der Waals surface area contributed by atoms with Crippen LogP contribution in [0.4, 0.5) is 5.95 Å². The number of benzene rings is 3. The van der Waals surface area contributed by atoms with Gasteiger partial charge in [-0.3, -0.25) is 9.38 Å². The van der Waals surface area contributed by atoms with Crippen molar-refractivity contribution >= 4 is 17.5 Å². The lowest BCUT2D eigenvalue weighted by atomic mass is 9.96. The first-order valence-electron chi connectivity index (χ1n) is 11.6. The first kappa shape index (κ1) is 22.5. The van der Waals surface area contributed by atoms with Gasteiger partial charge in [-0.2, -0.15) is 5.10 Å². The van der Waals surface area contributed by atoms with Crippen LogP contribution in [0.2, 0.25) is 5.02 Å². The van der Waals surface area contributed by atoms with E-state index in [-0.39, 0.29) is 6.04 Å². The molecule has 3 aromatic carbocycles. The third-order valence-corrected chi connectivity index (χ3v) is 6.86. The average Bonchev–Trinajstić information content (AvgIpc) is 3.44. The highest BCUT2D eigenvalue weighted by atomic mass is 35.5. The Balaban J connectivity index is 1.35. The molecule has 174 valence electrons. The highest BCUT2D eigenvalue weighted by molar-refractivity contribution is 6.30. The number of para-hydroxylation sites is 1. The molecule has 0 spiro atoms. The molecule has 8 heteroatoms. The molecular weight excluding hydrogens is 448 g/mol. The molecule has 7 nitrogen and oxygen atoms in total. The Hall–Kier alpha value is -3.26. The van der Waals surface area contributed by atoms with Crippen LogP contribution in [0.25, 0.3) is 0 Å². The van der Waals surface area contributed by atoms with Gasteiger partial charge < -0.3 is 4.74 Å². The van der Waals surface area contributed by atoms with Gasteiger partial charge in [-0.15, -0.1) is 0 Å². The number of ether oxygens (including phenoxy) is 1. The Morgan fingerprint density at radius 3 is 2.18 bits per heavy atom. The van der Waals surface area contributed by atoms with Crippen molar-refractivity contribution in [2.45, 2.75) is 6.04 Å². The van der Waals surface area contributed by atoms with E-state index in [1.807, 2.05) is 42.5 Å². The minimum Gasteiger partial charge on any atom is -0.488 e. The lowest BCUT2D eigenvalue weighted by Gasteiger charge is -2.44. The van der Waals surface area contributed by atoms with E-state index in [4.69, 9.17) is 16.3 Å². The van der Waals surface area contributed by atoms with Crippen molar-refractivity contribution in [3.8, 4) is 5.75 Å². The fraction of sp³-hybridized carbons (Fsp3) is 0.269. The monoisotopic (exact) mass is 475 g/mol. The van der Waals surface area contributed by atoms with Gasteiger partial charge >= 0.3 is 5.95 Å². The summed E-state index contributed by atoms with van der Waals surface area (Å²) in [5, 5.41) is 15.8. The summed E-state index contributed by atoms with van der Waals surface area (Å²) < 4.78 is 6.70. The summed E-state index contributed by atoms with van der Waals surface area (Å²) in [5.74, 6) is 1.67. The quantitative estimate of drug-likeness (QED) is 0.384. The molecule has 1 aliphatic rings. The molecule has 1 aliphatic heterocycles. The molecule has 1 saturated heterocycles. The predicted octanol–water partition coefficient (Wildman–Crippen LogP) is 4.34. The fourth-order valence-electron chi connectivity index (χ4n) is 4.77. The van der Waals surface area contributed by atoms with Crippen LogP contribution >= 0.6 is 11.6 Å². The molecule has 1 aromatic heterocycles. The first-order chi connectivity index (χ1) is 16.7. The number of rotatable bonds is 8. The van der Waals surface area contributed by atoms with Gasteiger partial charge in [0.1, 0.15) is 18.9 Å². The van der Waals surface area contributed by atoms with Crippen LogP contribution in [-0.4, -0.2) is 64.9 Å². The molecule has 34 heavy (non-hydrogen) atoms. The van der Waals surface area contributed by atoms with Gasteiger partial charge in [-0.05, 0) is 45.8 Å². The van der Waals surface area contributed by atoms with Gasteiger partial charge in [-0.25, -0.2) is 0 Å². The minimum atomic E-state index is 0.161. The number of hydrogen-bond acceptors (Lipinski definition) is 5. The average molecular weight is 476 g/mol. The summed E-state index contributed by atoms with van der Waals surface area (Å²) in [5.41, 5.74) is 2.52. The van der Waals surface area contributed by atoms with E-state index in [0.29, 0.717) is 11.1 Å². The standard InChI is InChI=1S/C26H28ClN6O/c27-23-13-11-22(12-14-23)25(21-7-3-1-4-8-21)32-15-17-33(18-16-32,26-28-30-31-29-26)19-20-34-24-9-5-2-6-10-24/h1-14,25H,15-20H2,(H,28,29,30,31)/q+1. The summed E-state index contributed by atoms with van der Waals surface area (Å²) in [6.45, 7) is 4.93. The second-order valence-corrected chi connectivity index (χ2v) is 9.04. The molecule has 2 heterocycles. The summed E-state index contributed by atoms with van der Waals surface area (Å²) >= 11 is 6.19. The highest BCUT2D eigenvalue weighted by Crippen LogP contribution is 2.32. The molecule has 5 rings (SSSR count). The van der Waals surface area contributed by atoms with Gasteiger partial charge in [-0.1, -0.05) is 77.4 Å². The van der Waals surface area contributed by atoms with Gasteiger partial charge in [0.15, 0.2) is 0 Å². The normalized spacial score (nSPS) is 16.7. The lowest BCUT2D eigenvalue weighted by Crippen LogP contribution is -2.63. The number of tetrazole rings is 1. The molecule has 0 radical (unpaired) electrons. The van der Waals surface area contributed by atoms with Crippen molar-refractivity contribution in [3.05, 3.63) is 101 Å². The zero-order valence-electron chi connectivity index (χ0n) is 18.9. The molecule has 1 unspecified atom stereocenters. The molecule has 0 bridgehead atoms. The first-order valence-corrected chi connectivity index (χ1v) is 11.9. The lowest BCUT2D eigenvalue weighted by molar-refractivity contribution is 0.0954. The van der Waals surface area contributed by atoms with Crippen LogP contribution in [0.15, 0.2) is 84.9 Å². The minimum absolute atomic E-state index is 0.161. The molecular formula is C26H28ClN6O+. The largest absolute Gasteiger partial charge is 0.488 e. The van der Waals surface area contributed by atoms with Crippen LogP contribution in [0.5, 0.6) is 5.75 Å². The van der Waals surface area contributed by atoms with Crippen molar-refractivity contribution < 1.29 is 4.74 Å². The van der Waals surface area contributed by atoms with Gasteiger partial charge in [0.05, 0.1) is 19.1 Å². The number of nitrogens with one attached hydrogen (secondary N) is 1. The van der Waals surface area contributed by atoms with Crippen molar-refractivity contribution in [1.29, 1.82) is 0 Å². The number of aromatic nitrogens is 4. The molecule has 1 N–H and O–H groups in total. The van der Waals surface area contributed by atoms with Gasteiger partial charge in [0.25, 0.3) is 0 Å². The zero-order valence-corrected chi connectivity index (χ0v) is 19.7. The maximum absolute atomic E-state index is 6.19. The second-order valence-electron chi connectivity index (χ2n) is 8.60. The smallest absolute Gasteiger partial charge is 0.345 e. The van der Waals surface area contributed by atoms with Gasteiger partial charge in [0, 0.05) is 18.1 Å². The molecule has 0 saturated carbocycles. The van der Waals surface area contributed by atoms with Crippen molar-refractivity contribution in [1.82, 2.24) is 30.0 Å². The van der Waals surface area contributed by atoms with E-state index in [1.54, 1.807) is 0 Å². The van der Waals surface area contributed by atoms with Crippen LogP contribution in [-0.2, 0) is 0 Å². The Morgan fingerprint density at radius 1 is 0.882 bits per heavy atom. The summed E-state index contributed by atoms with van der Waals surface area (Å²) in [6.07, 6.45) is 0. The molecule has 1 atom stereocenters. The van der Waals surface area contributed by atoms with Crippen molar-refractivity contribution in [2.24, 2.45) is 0 Å². The number of halogens is 1. The van der Waals surface area contributed by atoms with Crippen molar-refractivity contribution in [2.75, 3.05) is 39.3 Å².